The van der Waals surface area contributed by atoms with E-state index in [0.29, 0.717) is 6.54 Å². The van der Waals surface area contributed by atoms with E-state index in [1.807, 2.05) is 13.8 Å². The molecule has 1 atom stereocenters. The lowest BCUT2D eigenvalue weighted by atomic mass is 9.97. The predicted octanol–water partition coefficient (Wildman–Crippen LogP) is 0.653. The van der Waals surface area contributed by atoms with E-state index in [0.717, 1.165) is 32.2 Å². The smallest absolute Gasteiger partial charge is 0.224 e. The standard InChI is InChI=1S/C12H24N2O2/c1-3-13-8-10(2)11(16)14-12(9-15)6-4-5-7-12/h10,13,15H,3-9H2,1-2H3,(H,14,16). The van der Waals surface area contributed by atoms with Gasteiger partial charge in [-0.25, -0.2) is 0 Å². The summed E-state index contributed by atoms with van der Waals surface area (Å²) in [6.45, 7) is 5.58. The molecule has 1 aliphatic carbocycles. The number of hydrogen-bond donors (Lipinski definition) is 3. The summed E-state index contributed by atoms with van der Waals surface area (Å²) >= 11 is 0. The van der Waals surface area contributed by atoms with Gasteiger partial charge in [-0.15, -0.1) is 0 Å². The Hall–Kier alpha value is -0.610. The number of carbonyl (C=O) groups excluding carboxylic acids is 1. The van der Waals surface area contributed by atoms with Gasteiger partial charge in [0.1, 0.15) is 0 Å². The Morgan fingerprint density at radius 2 is 2.06 bits per heavy atom. The summed E-state index contributed by atoms with van der Waals surface area (Å²) in [6, 6.07) is 0. The number of aliphatic hydroxyl groups excluding tert-OH is 1. The highest BCUT2D eigenvalue weighted by molar-refractivity contribution is 5.79. The Labute approximate surface area is 97.8 Å². The van der Waals surface area contributed by atoms with Crippen molar-refractivity contribution in [1.82, 2.24) is 10.6 Å². The second kappa shape index (κ2) is 6.21. The number of rotatable bonds is 6. The van der Waals surface area contributed by atoms with Crippen molar-refractivity contribution >= 4 is 5.91 Å². The van der Waals surface area contributed by atoms with Crippen LogP contribution in [0.15, 0.2) is 0 Å². The van der Waals surface area contributed by atoms with E-state index in [1.54, 1.807) is 0 Å². The van der Waals surface area contributed by atoms with Gasteiger partial charge in [0.05, 0.1) is 12.1 Å². The highest BCUT2D eigenvalue weighted by Gasteiger charge is 2.35. The Bertz CT molecular complexity index is 225. The van der Waals surface area contributed by atoms with Crippen LogP contribution >= 0.6 is 0 Å². The molecule has 4 nitrogen and oxygen atoms in total. The molecule has 0 radical (unpaired) electrons. The lowest BCUT2D eigenvalue weighted by Crippen LogP contribution is -2.51. The SMILES string of the molecule is CCNCC(C)C(=O)NC1(CO)CCCC1. The topological polar surface area (TPSA) is 61.4 Å². The van der Waals surface area contributed by atoms with Crippen LogP contribution in [0.4, 0.5) is 0 Å². The fourth-order valence-corrected chi connectivity index (χ4v) is 2.21. The minimum Gasteiger partial charge on any atom is -0.394 e. The van der Waals surface area contributed by atoms with Crippen molar-refractivity contribution in [1.29, 1.82) is 0 Å². The summed E-state index contributed by atoms with van der Waals surface area (Å²) in [5.41, 5.74) is -0.336. The number of nitrogens with one attached hydrogen (secondary N) is 2. The first kappa shape index (κ1) is 13.5. The Morgan fingerprint density at radius 1 is 1.44 bits per heavy atom. The molecule has 0 aliphatic heterocycles. The normalized spacial score (nSPS) is 20.7. The molecule has 0 bridgehead atoms. The van der Waals surface area contributed by atoms with Crippen LogP contribution in [0.25, 0.3) is 0 Å². The minimum absolute atomic E-state index is 0.0380. The molecule has 0 saturated heterocycles. The van der Waals surface area contributed by atoms with Gasteiger partial charge in [0, 0.05) is 12.5 Å². The predicted molar refractivity (Wildman–Crippen MR) is 64.1 cm³/mol. The van der Waals surface area contributed by atoms with Crippen molar-refractivity contribution in [3.63, 3.8) is 0 Å². The van der Waals surface area contributed by atoms with Gasteiger partial charge in [-0.1, -0.05) is 26.7 Å². The van der Waals surface area contributed by atoms with Gasteiger partial charge in [0.15, 0.2) is 0 Å². The van der Waals surface area contributed by atoms with Gasteiger partial charge in [-0.3, -0.25) is 4.79 Å². The first-order valence-corrected chi connectivity index (χ1v) is 6.27. The fraction of sp³-hybridized carbons (Fsp3) is 0.917. The molecule has 4 heteroatoms. The Kier molecular flexibility index (Phi) is 5.22. The quantitative estimate of drug-likeness (QED) is 0.625. The number of hydrogen-bond acceptors (Lipinski definition) is 3. The van der Waals surface area contributed by atoms with E-state index in [-0.39, 0.29) is 24.0 Å². The molecule has 1 aliphatic rings. The van der Waals surface area contributed by atoms with Crippen LogP contribution in [0.3, 0.4) is 0 Å². The molecule has 1 rings (SSSR count). The van der Waals surface area contributed by atoms with Crippen molar-refractivity contribution in [2.75, 3.05) is 19.7 Å². The van der Waals surface area contributed by atoms with Crippen molar-refractivity contribution in [2.45, 2.75) is 45.1 Å². The van der Waals surface area contributed by atoms with E-state index in [1.165, 1.54) is 0 Å². The number of aliphatic hydroxyl groups is 1. The number of carbonyl (C=O) groups is 1. The van der Waals surface area contributed by atoms with Crippen molar-refractivity contribution in [3.8, 4) is 0 Å². The molecule has 0 aromatic heterocycles. The Balaban J connectivity index is 2.42. The summed E-state index contributed by atoms with van der Waals surface area (Å²) < 4.78 is 0. The molecule has 1 amide bonds. The van der Waals surface area contributed by atoms with Crippen LogP contribution in [0.2, 0.25) is 0 Å². The molecule has 0 heterocycles. The maximum atomic E-state index is 11.9. The molecular weight excluding hydrogens is 204 g/mol. The summed E-state index contributed by atoms with van der Waals surface area (Å²) in [4.78, 5) is 11.9. The van der Waals surface area contributed by atoms with E-state index in [4.69, 9.17) is 0 Å². The fourth-order valence-electron chi connectivity index (χ4n) is 2.21. The lowest BCUT2D eigenvalue weighted by molar-refractivity contribution is -0.126. The maximum Gasteiger partial charge on any atom is 0.224 e. The second-order valence-electron chi connectivity index (χ2n) is 4.84. The van der Waals surface area contributed by atoms with Crippen molar-refractivity contribution < 1.29 is 9.90 Å². The minimum atomic E-state index is -0.336. The van der Waals surface area contributed by atoms with Gasteiger partial charge in [-0.05, 0) is 19.4 Å². The summed E-state index contributed by atoms with van der Waals surface area (Å²) in [5, 5.41) is 15.6. The maximum absolute atomic E-state index is 11.9. The second-order valence-corrected chi connectivity index (χ2v) is 4.84. The molecule has 94 valence electrons. The average molecular weight is 228 g/mol. The van der Waals surface area contributed by atoms with E-state index in [9.17, 15) is 9.90 Å². The first-order valence-electron chi connectivity index (χ1n) is 6.27. The Morgan fingerprint density at radius 3 is 2.56 bits per heavy atom. The first-order chi connectivity index (χ1) is 7.63. The third-order valence-corrected chi connectivity index (χ3v) is 3.40. The zero-order valence-corrected chi connectivity index (χ0v) is 10.4. The van der Waals surface area contributed by atoms with Crippen LogP contribution in [0.1, 0.15) is 39.5 Å². The molecule has 0 aromatic carbocycles. The molecule has 0 aromatic rings. The van der Waals surface area contributed by atoms with Crippen LogP contribution < -0.4 is 10.6 Å². The zero-order valence-electron chi connectivity index (χ0n) is 10.4. The van der Waals surface area contributed by atoms with Crippen LogP contribution in [-0.2, 0) is 4.79 Å². The number of amides is 1. The third-order valence-electron chi connectivity index (χ3n) is 3.40. The molecule has 1 fully saturated rings. The van der Waals surface area contributed by atoms with Gasteiger partial charge in [-0.2, -0.15) is 0 Å². The molecule has 1 unspecified atom stereocenters. The third kappa shape index (κ3) is 3.46. The largest absolute Gasteiger partial charge is 0.394 e. The summed E-state index contributed by atoms with van der Waals surface area (Å²) in [6.07, 6.45) is 4.01. The molecule has 1 saturated carbocycles. The van der Waals surface area contributed by atoms with Gasteiger partial charge >= 0.3 is 0 Å². The molecule has 0 spiro atoms. The molecule has 16 heavy (non-hydrogen) atoms. The van der Waals surface area contributed by atoms with Crippen molar-refractivity contribution in [3.05, 3.63) is 0 Å². The summed E-state index contributed by atoms with van der Waals surface area (Å²) in [5.74, 6) is 0.0147. The van der Waals surface area contributed by atoms with Crippen LogP contribution in [0, 0.1) is 5.92 Å². The average Bonchev–Trinajstić information content (AvgIpc) is 2.75. The van der Waals surface area contributed by atoms with Gasteiger partial charge in [0.2, 0.25) is 5.91 Å². The monoisotopic (exact) mass is 228 g/mol. The van der Waals surface area contributed by atoms with E-state index < -0.39 is 0 Å². The van der Waals surface area contributed by atoms with Crippen molar-refractivity contribution in [2.24, 2.45) is 5.92 Å². The molecule has 3 N–H and O–H groups in total. The van der Waals surface area contributed by atoms with Gasteiger partial charge in [0.25, 0.3) is 0 Å². The highest BCUT2D eigenvalue weighted by Crippen LogP contribution is 2.29. The van der Waals surface area contributed by atoms with Crippen LogP contribution in [0.5, 0.6) is 0 Å². The highest BCUT2D eigenvalue weighted by atomic mass is 16.3. The zero-order chi connectivity index (χ0) is 12.0. The molecular formula is C12H24N2O2. The van der Waals surface area contributed by atoms with Crippen LogP contribution in [-0.4, -0.2) is 36.2 Å². The summed E-state index contributed by atoms with van der Waals surface area (Å²) in [7, 11) is 0. The van der Waals surface area contributed by atoms with Gasteiger partial charge < -0.3 is 15.7 Å². The lowest BCUT2D eigenvalue weighted by Gasteiger charge is -2.29. The van der Waals surface area contributed by atoms with E-state index in [2.05, 4.69) is 10.6 Å². The van der Waals surface area contributed by atoms with E-state index >= 15 is 0 Å².